The molecule has 0 radical (unpaired) electrons. The highest BCUT2D eigenvalue weighted by molar-refractivity contribution is 7.92. The van der Waals surface area contributed by atoms with Crippen LogP contribution in [0.2, 0.25) is 0 Å². The van der Waals surface area contributed by atoms with Gasteiger partial charge in [0.15, 0.2) is 23.0 Å². The summed E-state index contributed by atoms with van der Waals surface area (Å²) in [5.74, 6) is 1.44. The van der Waals surface area contributed by atoms with Gasteiger partial charge in [-0.3, -0.25) is 9.10 Å². The van der Waals surface area contributed by atoms with Crippen molar-refractivity contribution in [3.05, 3.63) is 42.0 Å². The first kappa shape index (κ1) is 24.1. The van der Waals surface area contributed by atoms with Gasteiger partial charge in [-0.25, -0.2) is 8.42 Å². The molecule has 0 saturated carbocycles. The predicted molar refractivity (Wildman–Crippen MR) is 118 cm³/mol. The van der Waals surface area contributed by atoms with E-state index in [4.69, 9.17) is 18.9 Å². The normalized spacial score (nSPS) is 11.9. The number of hydrogen-bond acceptors (Lipinski definition) is 7. The summed E-state index contributed by atoms with van der Waals surface area (Å²) in [6, 6.07) is 9.54. The van der Waals surface area contributed by atoms with Crippen LogP contribution in [0.3, 0.4) is 0 Å². The van der Waals surface area contributed by atoms with E-state index in [0.29, 0.717) is 23.0 Å². The number of anilines is 1. The quantitative estimate of drug-likeness (QED) is 0.590. The van der Waals surface area contributed by atoms with Crippen LogP contribution in [-0.2, 0) is 14.8 Å². The van der Waals surface area contributed by atoms with Crippen molar-refractivity contribution in [2.24, 2.45) is 0 Å². The lowest BCUT2D eigenvalue weighted by Gasteiger charge is -2.24. The number of amides is 1. The van der Waals surface area contributed by atoms with E-state index in [2.05, 4.69) is 5.32 Å². The summed E-state index contributed by atoms with van der Waals surface area (Å²) in [5, 5.41) is 2.81. The van der Waals surface area contributed by atoms with E-state index >= 15 is 0 Å². The Hall–Kier alpha value is -3.14. The monoisotopic (exact) mass is 452 g/mol. The van der Waals surface area contributed by atoms with E-state index in [0.717, 1.165) is 16.1 Å². The summed E-state index contributed by atoms with van der Waals surface area (Å²) in [6.45, 7) is 1.40. The molecule has 2 rings (SSSR count). The molecular formula is C21H28N2O7S. The number of ether oxygens (including phenoxy) is 4. The van der Waals surface area contributed by atoms with Gasteiger partial charge in [0.25, 0.3) is 0 Å². The Balaban J connectivity index is 2.22. The Morgan fingerprint density at radius 3 is 1.94 bits per heavy atom. The molecule has 1 amide bonds. The Kier molecular flexibility index (Phi) is 7.98. The van der Waals surface area contributed by atoms with E-state index in [9.17, 15) is 13.2 Å². The fraction of sp³-hybridized carbons (Fsp3) is 0.381. The third kappa shape index (κ3) is 5.94. The maximum atomic E-state index is 12.7. The molecule has 0 bridgehead atoms. The fourth-order valence-electron chi connectivity index (χ4n) is 3.00. The molecule has 170 valence electrons. The zero-order valence-electron chi connectivity index (χ0n) is 18.5. The SMILES string of the molecule is COc1ccc([C@H](C)NC(=O)CN(c2ccc(OC)c(OC)c2)S(C)(=O)=O)cc1OC. The van der Waals surface area contributed by atoms with Gasteiger partial charge in [0, 0.05) is 6.07 Å². The topological polar surface area (TPSA) is 103 Å². The molecule has 31 heavy (non-hydrogen) atoms. The molecule has 0 spiro atoms. The minimum atomic E-state index is -3.74. The van der Waals surface area contributed by atoms with Crippen LogP contribution in [0.5, 0.6) is 23.0 Å². The highest BCUT2D eigenvalue weighted by Gasteiger charge is 2.23. The number of sulfonamides is 1. The van der Waals surface area contributed by atoms with Gasteiger partial charge < -0.3 is 24.3 Å². The average molecular weight is 453 g/mol. The largest absolute Gasteiger partial charge is 0.493 e. The molecule has 2 aromatic carbocycles. The van der Waals surface area contributed by atoms with Gasteiger partial charge in [0.05, 0.1) is 46.4 Å². The summed E-state index contributed by atoms with van der Waals surface area (Å²) in [5.41, 5.74) is 1.07. The first-order valence-electron chi connectivity index (χ1n) is 9.35. The van der Waals surface area contributed by atoms with Crippen molar-refractivity contribution in [3.8, 4) is 23.0 Å². The van der Waals surface area contributed by atoms with Crippen LogP contribution in [-0.4, -0.2) is 55.6 Å². The second-order valence-corrected chi connectivity index (χ2v) is 8.62. The molecule has 0 heterocycles. The Bertz CT molecular complexity index is 1020. The van der Waals surface area contributed by atoms with Gasteiger partial charge in [0.1, 0.15) is 6.54 Å². The maximum Gasteiger partial charge on any atom is 0.241 e. The molecular weight excluding hydrogens is 424 g/mol. The van der Waals surface area contributed by atoms with Crippen molar-refractivity contribution >= 4 is 21.6 Å². The number of nitrogens with one attached hydrogen (secondary N) is 1. The number of benzene rings is 2. The smallest absolute Gasteiger partial charge is 0.241 e. The van der Waals surface area contributed by atoms with Crippen LogP contribution in [0, 0.1) is 0 Å². The zero-order valence-corrected chi connectivity index (χ0v) is 19.3. The second-order valence-electron chi connectivity index (χ2n) is 6.71. The summed E-state index contributed by atoms with van der Waals surface area (Å²) in [7, 11) is 2.26. The van der Waals surface area contributed by atoms with Gasteiger partial charge in [-0.2, -0.15) is 0 Å². The first-order valence-corrected chi connectivity index (χ1v) is 11.2. The Labute approximate surface area is 182 Å². The van der Waals surface area contributed by atoms with Crippen LogP contribution >= 0.6 is 0 Å². The summed E-state index contributed by atoms with van der Waals surface area (Å²) >= 11 is 0. The van der Waals surface area contributed by atoms with E-state index in [1.807, 2.05) is 0 Å². The van der Waals surface area contributed by atoms with E-state index in [-0.39, 0.29) is 11.7 Å². The third-order valence-electron chi connectivity index (χ3n) is 4.63. The van der Waals surface area contributed by atoms with Crippen LogP contribution < -0.4 is 28.6 Å². The van der Waals surface area contributed by atoms with Crippen molar-refractivity contribution in [3.63, 3.8) is 0 Å². The van der Waals surface area contributed by atoms with Crippen molar-refractivity contribution in [1.29, 1.82) is 0 Å². The van der Waals surface area contributed by atoms with Crippen LogP contribution in [0.1, 0.15) is 18.5 Å². The highest BCUT2D eigenvalue weighted by atomic mass is 32.2. The number of carbonyl (C=O) groups is 1. The molecule has 0 aromatic heterocycles. The summed E-state index contributed by atoms with van der Waals surface area (Å²) in [4.78, 5) is 12.7. The lowest BCUT2D eigenvalue weighted by molar-refractivity contribution is -0.120. The molecule has 0 fully saturated rings. The Morgan fingerprint density at radius 2 is 1.42 bits per heavy atom. The van der Waals surface area contributed by atoms with Gasteiger partial charge in [-0.1, -0.05) is 6.07 Å². The van der Waals surface area contributed by atoms with Gasteiger partial charge in [-0.15, -0.1) is 0 Å². The van der Waals surface area contributed by atoms with Crippen LogP contribution in [0.25, 0.3) is 0 Å². The van der Waals surface area contributed by atoms with Gasteiger partial charge >= 0.3 is 0 Å². The number of hydrogen-bond donors (Lipinski definition) is 1. The number of carbonyl (C=O) groups excluding carboxylic acids is 1. The molecule has 1 N–H and O–H groups in total. The fourth-order valence-corrected chi connectivity index (χ4v) is 3.85. The number of methoxy groups -OCH3 is 4. The summed E-state index contributed by atoms with van der Waals surface area (Å²) < 4.78 is 46.7. The molecule has 0 aliphatic carbocycles. The predicted octanol–water partition coefficient (Wildman–Crippen LogP) is 2.36. The Morgan fingerprint density at radius 1 is 0.903 bits per heavy atom. The minimum absolute atomic E-state index is 0.286. The van der Waals surface area contributed by atoms with Crippen molar-refractivity contribution in [2.45, 2.75) is 13.0 Å². The van der Waals surface area contributed by atoms with Crippen LogP contribution in [0.15, 0.2) is 36.4 Å². The van der Waals surface area contributed by atoms with Crippen molar-refractivity contribution < 1.29 is 32.2 Å². The minimum Gasteiger partial charge on any atom is -0.493 e. The van der Waals surface area contributed by atoms with Gasteiger partial charge in [-0.05, 0) is 36.8 Å². The average Bonchev–Trinajstić information content (AvgIpc) is 2.75. The van der Waals surface area contributed by atoms with Crippen LogP contribution in [0.4, 0.5) is 5.69 Å². The summed E-state index contributed by atoms with van der Waals surface area (Å²) in [6.07, 6.45) is 1.04. The molecule has 9 nitrogen and oxygen atoms in total. The molecule has 10 heteroatoms. The lowest BCUT2D eigenvalue weighted by Crippen LogP contribution is -2.41. The standard InChI is InChI=1S/C21H28N2O7S/c1-14(15-7-9-17(27-2)19(11-15)29-4)22-21(24)13-23(31(6,25)26)16-8-10-18(28-3)20(12-16)30-5/h7-12,14H,13H2,1-6H3,(H,22,24)/t14-/m0/s1. The molecule has 0 aliphatic heterocycles. The van der Waals surface area contributed by atoms with E-state index in [1.165, 1.54) is 34.5 Å². The highest BCUT2D eigenvalue weighted by Crippen LogP contribution is 2.33. The molecule has 2 aromatic rings. The molecule has 0 saturated heterocycles. The van der Waals surface area contributed by atoms with E-state index in [1.54, 1.807) is 37.3 Å². The van der Waals surface area contributed by atoms with Crippen molar-refractivity contribution in [2.75, 3.05) is 45.5 Å². The maximum absolute atomic E-state index is 12.7. The first-order chi connectivity index (χ1) is 14.6. The lowest BCUT2D eigenvalue weighted by atomic mass is 10.1. The van der Waals surface area contributed by atoms with Crippen molar-refractivity contribution in [1.82, 2.24) is 5.32 Å². The van der Waals surface area contributed by atoms with Gasteiger partial charge in [0.2, 0.25) is 15.9 Å². The number of nitrogens with zero attached hydrogens (tertiary/aromatic N) is 1. The zero-order chi connectivity index (χ0) is 23.2. The number of rotatable bonds is 10. The van der Waals surface area contributed by atoms with E-state index < -0.39 is 22.5 Å². The molecule has 0 unspecified atom stereocenters. The molecule has 0 aliphatic rings. The third-order valence-corrected chi connectivity index (χ3v) is 5.77. The molecule has 1 atom stereocenters. The second kappa shape index (κ2) is 10.3.